The van der Waals surface area contributed by atoms with Gasteiger partial charge in [0.15, 0.2) is 0 Å². The number of aromatic nitrogens is 4. The second kappa shape index (κ2) is 11.5. The van der Waals surface area contributed by atoms with Crippen LogP contribution in [0.1, 0.15) is 48.8 Å². The zero-order chi connectivity index (χ0) is 29.5. The van der Waals surface area contributed by atoms with Crippen molar-refractivity contribution in [1.29, 1.82) is 0 Å². The molecule has 5 heterocycles. The number of likely N-dealkylation sites (tertiary alicyclic amines) is 1. The molecule has 2 aliphatic rings. The summed E-state index contributed by atoms with van der Waals surface area (Å²) >= 11 is 0. The smallest absolute Gasteiger partial charge is 0.289 e. The number of hydrogen-bond donors (Lipinski definition) is 2. The van der Waals surface area contributed by atoms with Gasteiger partial charge in [0.1, 0.15) is 17.2 Å². The number of piperidine rings is 1. The molecule has 0 unspecified atom stereocenters. The number of benzene rings is 2. The van der Waals surface area contributed by atoms with E-state index in [1.54, 1.807) is 19.4 Å². The Labute approximate surface area is 248 Å². The number of rotatable bonds is 6. The topological polar surface area (TPSA) is 105 Å². The van der Waals surface area contributed by atoms with E-state index in [2.05, 4.69) is 33.2 Å². The number of halogens is 1. The number of amides is 1. The zero-order valence-electron chi connectivity index (χ0n) is 24.5. The van der Waals surface area contributed by atoms with E-state index in [9.17, 15) is 9.18 Å². The maximum atomic E-state index is 14.5. The van der Waals surface area contributed by atoms with Gasteiger partial charge in [-0.3, -0.25) is 9.78 Å². The van der Waals surface area contributed by atoms with E-state index < -0.39 is 0 Å². The summed E-state index contributed by atoms with van der Waals surface area (Å²) in [5.41, 5.74) is 4.31. The number of carbonyl (C=O) groups is 1. The van der Waals surface area contributed by atoms with Crippen molar-refractivity contribution in [3.05, 3.63) is 59.8 Å². The van der Waals surface area contributed by atoms with Crippen LogP contribution in [0.2, 0.25) is 0 Å². The van der Waals surface area contributed by atoms with E-state index in [-0.39, 0.29) is 23.6 Å². The fourth-order valence-electron chi connectivity index (χ4n) is 6.67. The van der Waals surface area contributed by atoms with Crippen molar-refractivity contribution >= 4 is 38.7 Å². The molecule has 2 aromatic carbocycles. The summed E-state index contributed by atoms with van der Waals surface area (Å²) in [6, 6.07) is 11.0. The molecule has 0 saturated carbocycles. The summed E-state index contributed by atoms with van der Waals surface area (Å²) in [6.45, 7) is 5.61. The molecule has 1 amide bonds. The van der Waals surface area contributed by atoms with Crippen molar-refractivity contribution in [2.75, 3.05) is 33.4 Å². The van der Waals surface area contributed by atoms with Crippen LogP contribution in [0.5, 0.6) is 5.75 Å². The molecule has 222 valence electrons. The lowest BCUT2D eigenvalue weighted by Crippen LogP contribution is -2.49. The second-order valence-electron chi connectivity index (χ2n) is 11.5. The first-order chi connectivity index (χ1) is 21.0. The molecule has 2 saturated heterocycles. The van der Waals surface area contributed by atoms with Crippen LogP contribution in [-0.4, -0.2) is 76.2 Å². The number of hydrogen-bond acceptors (Lipinski definition) is 7. The Morgan fingerprint density at radius 3 is 2.67 bits per heavy atom. The van der Waals surface area contributed by atoms with Crippen LogP contribution < -0.4 is 10.1 Å². The number of carbonyl (C=O) groups excluding carboxylic acids is 1. The number of aryl methyl sites for hydroxylation is 1. The van der Waals surface area contributed by atoms with Crippen LogP contribution in [0.25, 0.3) is 44.1 Å². The van der Waals surface area contributed by atoms with Gasteiger partial charge in [-0.2, -0.15) is 0 Å². The monoisotopic (exact) mass is 582 g/mol. The number of ether oxygens (including phenoxy) is 2. The van der Waals surface area contributed by atoms with Crippen molar-refractivity contribution in [1.82, 2.24) is 30.2 Å². The lowest BCUT2D eigenvalue weighted by atomic mass is 9.99. The minimum Gasteiger partial charge on any atom is -0.496 e. The molecule has 9 nitrogen and oxygen atoms in total. The van der Waals surface area contributed by atoms with Crippen molar-refractivity contribution in [3.8, 4) is 17.0 Å². The van der Waals surface area contributed by atoms with E-state index in [0.717, 1.165) is 86.0 Å². The summed E-state index contributed by atoms with van der Waals surface area (Å²) in [4.78, 5) is 33.7. The van der Waals surface area contributed by atoms with Gasteiger partial charge in [0.25, 0.3) is 5.91 Å². The first kappa shape index (κ1) is 27.7. The molecular weight excluding hydrogens is 547 g/mol. The standard InChI is InChI=1S/C33H35FN6O3/c1-3-19-16-27-25(18-28(19)42-2)29-30(23-6-11-35-26-5-4-20(34)17-24(23)26)38-32(39-31(29)37-27)33(41)36-21-7-12-40(13-8-21)22-9-14-43-15-10-22/h4-6,11,16-18,21-22H,3,7-10,12-15H2,1-2H3,(H,36,41)(H,37,38,39). The lowest BCUT2D eigenvalue weighted by Gasteiger charge is -2.39. The molecule has 0 radical (unpaired) electrons. The van der Waals surface area contributed by atoms with Gasteiger partial charge >= 0.3 is 0 Å². The first-order valence-electron chi connectivity index (χ1n) is 15.1. The Hall–Kier alpha value is -4.15. The summed E-state index contributed by atoms with van der Waals surface area (Å²) in [5, 5.41) is 5.42. The molecule has 3 aromatic heterocycles. The molecule has 0 atom stereocenters. The molecule has 2 fully saturated rings. The number of pyridine rings is 1. The van der Waals surface area contributed by atoms with E-state index in [1.165, 1.54) is 12.1 Å². The second-order valence-corrected chi connectivity index (χ2v) is 11.5. The van der Waals surface area contributed by atoms with Gasteiger partial charge in [-0.25, -0.2) is 14.4 Å². The van der Waals surface area contributed by atoms with Crippen LogP contribution in [0.3, 0.4) is 0 Å². The Morgan fingerprint density at radius 2 is 1.91 bits per heavy atom. The van der Waals surface area contributed by atoms with Crippen molar-refractivity contribution in [2.45, 2.75) is 51.1 Å². The van der Waals surface area contributed by atoms with Crippen LogP contribution >= 0.6 is 0 Å². The fraction of sp³-hybridized carbons (Fsp3) is 0.394. The van der Waals surface area contributed by atoms with Crippen molar-refractivity contribution < 1.29 is 18.7 Å². The molecule has 0 bridgehead atoms. The molecule has 10 heteroatoms. The first-order valence-corrected chi connectivity index (χ1v) is 15.1. The highest BCUT2D eigenvalue weighted by molar-refractivity contribution is 6.15. The number of nitrogens with zero attached hydrogens (tertiary/aromatic N) is 4. The average molecular weight is 583 g/mol. The van der Waals surface area contributed by atoms with Gasteiger partial charge in [0.05, 0.1) is 23.7 Å². The Kier molecular flexibility index (Phi) is 7.40. The van der Waals surface area contributed by atoms with Crippen molar-refractivity contribution in [2.24, 2.45) is 0 Å². The normalized spacial score (nSPS) is 17.2. The summed E-state index contributed by atoms with van der Waals surface area (Å²) in [7, 11) is 1.65. The fourth-order valence-corrected chi connectivity index (χ4v) is 6.67. The molecule has 5 aromatic rings. The molecule has 43 heavy (non-hydrogen) atoms. The van der Waals surface area contributed by atoms with Crippen LogP contribution in [0.15, 0.2) is 42.6 Å². The highest BCUT2D eigenvalue weighted by Gasteiger charge is 2.28. The van der Waals surface area contributed by atoms with Gasteiger partial charge in [0.2, 0.25) is 5.82 Å². The highest BCUT2D eigenvalue weighted by Crippen LogP contribution is 2.38. The van der Waals surface area contributed by atoms with E-state index in [0.29, 0.717) is 33.8 Å². The number of methoxy groups -OCH3 is 1. The van der Waals surface area contributed by atoms with Crippen molar-refractivity contribution in [3.63, 3.8) is 0 Å². The van der Waals surface area contributed by atoms with Crippen LogP contribution in [0, 0.1) is 5.82 Å². The lowest BCUT2D eigenvalue weighted by molar-refractivity contribution is 0.0238. The van der Waals surface area contributed by atoms with E-state index >= 15 is 0 Å². The van der Waals surface area contributed by atoms with E-state index in [1.807, 2.05) is 12.1 Å². The highest BCUT2D eigenvalue weighted by atomic mass is 19.1. The zero-order valence-corrected chi connectivity index (χ0v) is 24.5. The molecule has 0 spiro atoms. The van der Waals surface area contributed by atoms with Gasteiger partial charge in [0, 0.05) is 66.4 Å². The summed E-state index contributed by atoms with van der Waals surface area (Å²) < 4.78 is 25.7. The Balaban J connectivity index is 1.29. The van der Waals surface area contributed by atoms with Crippen LogP contribution in [-0.2, 0) is 11.2 Å². The van der Waals surface area contributed by atoms with Gasteiger partial charge in [-0.15, -0.1) is 0 Å². The minimum atomic E-state index is -0.370. The number of nitrogens with one attached hydrogen (secondary N) is 2. The predicted molar refractivity (Wildman–Crippen MR) is 164 cm³/mol. The third-order valence-corrected chi connectivity index (χ3v) is 8.97. The summed E-state index contributed by atoms with van der Waals surface area (Å²) in [5.74, 6) is 0.152. The number of aromatic amines is 1. The number of H-pyrrole nitrogens is 1. The SMILES string of the molecule is CCc1cc2[nH]c3nc(C(=O)NC4CCN(C5CCOCC5)CC4)nc(-c4ccnc5ccc(F)cc45)c3c2cc1OC. The van der Waals surface area contributed by atoms with Gasteiger partial charge in [-0.05, 0) is 74.1 Å². The van der Waals surface area contributed by atoms with Crippen LogP contribution in [0.4, 0.5) is 4.39 Å². The third kappa shape index (κ3) is 5.19. The molecule has 7 rings (SSSR count). The Morgan fingerprint density at radius 1 is 1.09 bits per heavy atom. The maximum absolute atomic E-state index is 14.5. The maximum Gasteiger partial charge on any atom is 0.289 e. The molecular formula is C33H35FN6O3. The molecule has 2 N–H and O–H groups in total. The van der Waals surface area contributed by atoms with Gasteiger partial charge < -0.3 is 24.7 Å². The predicted octanol–water partition coefficient (Wildman–Crippen LogP) is 5.41. The quantitative estimate of drug-likeness (QED) is 0.276. The average Bonchev–Trinajstić information content (AvgIpc) is 3.41. The largest absolute Gasteiger partial charge is 0.496 e. The van der Waals surface area contributed by atoms with Gasteiger partial charge in [-0.1, -0.05) is 6.92 Å². The minimum absolute atomic E-state index is 0.0428. The summed E-state index contributed by atoms with van der Waals surface area (Å²) in [6.07, 6.45) is 6.36. The van der Waals surface area contributed by atoms with E-state index in [4.69, 9.17) is 19.4 Å². The number of fused-ring (bicyclic) bond motifs is 4. The molecule has 0 aliphatic carbocycles. The Bertz CT molecular complexity index is 1820. The molecule has 2 aliphatic heterocycles. The third-order valence-electron chi connectivity index (χ3n) is 8.97.